The van der Waals surface area contributed by atoms with Gasteiger partial charge in [0, 0.05) is 65.2 Å². The lowest BCUT2D eigenvalue weighted by atomic mass is 10.3. The van der Waals surface area contributed by atoms with E-state index in [0.29, 0.717) is 13.0 Å². The van der Waals surface area contributed by atoms with Crippen LogP contribution in [0.15, 0.2) is 27.8 Å². The number of carbonyl (C=O) groups excluding carboxylic acids is 1. The normalized spacial score (nSPS) is 18.6. The van der Waals surface area contributed by atoms with E-state index >= 15 is 0 Å². The summed E-state index contributed by atoms with van der Waals surface area (Å²) in [6.07, 6.45) is 5.10. The minimum atomic E-state index is 0.282. The van der Waals surface area contributed by atoms with Gasteiger partial charge < -0.3 is 24.7 Å². The maximum atomic E-state index is 11.7. The van der Waals surface area contributed by atoms with Crippen LogP contribution in [0.5, 0.6) is 0 Å². The van der Waals surface area contributed by atoms with E-state index < -0.39 is 0 Å². The summed E-state index contributed by atoms with van der Waals surface area (Å²) in [7, 11) is 0. The summed E-state index contributed by atoms with van der Waals surface area (Å²) in [6.45, 7) is 8.61. The van der Waals surface area contributed by atoms with E-state index in [0.717, 1.165) is 90.0 Å². The molecule has 8 heteroatoms. The first-order chi connectivity index (χ1) is 13.8. The van der Waals surface area contributed by atoms with Crippen LogP contribution >= 0.6 is 0 Å². The zero-order valence-electron chi connectivity index (χ0n) is 16.7. The number of morpholine rings is 1. The SMILES string of the molecule is O=C1CCCN1CCCN=C(NCCc1ccco1)NCCN1CCOCC1. The Morgan fingerprint density at radius 3 is 2.75 bits per heavy atom. The third kappa shape index (κ3) is 7.16. The molecule has 0 aromatic carbocycles. The van der Waals surface area contributed by atoms with Crippen molar-refractivity contribution in [2.24, 2.45) is 4.99 Å². The van der Waals surface area contributed by atoms with Crippen molar-refractivity contribution in [3.05, 3.63) is 24.2 Å². The van der Waals surface area contributed by atoms with Crippen LogP contribution in [0.25, 0.3) is 0 Å². The first kappa shape index (κ1) is 20.7. The average molecular weight is 392 g/mol. The van der Waals surface area contributed by atoms with Crippen LogP contribution < -0.4 is 10.6 Å². The van der Waals surface area contributed by atoms with E-state index in [9.17, 15) is 4.79 Å². The molecule has 2 N–H and O–H groups in total. The van der Waals surface area contributed by atoms with Crippen molar-refractivity contribution in [1.29, 1.82) is 0 Å². The number of guanidine groups is 1. The van der Waals surface area contributed by atoms with Gasteiger partial charge in [-0.15, -0.1) is 0 Å². The maximum absolute atomic E-state index is 11.7. The van der Waals surface area contributed by atoms with Gasteiger partial charge in [0.15, 0.2) is 5.96 Å². The lowest BCUT2D eigenvalue weighted by molar-refractivity contribution is -0.127. The van der Waals surface area contributed by atoms with Gasteiger partial charge in [-0.1, -0.05) is 0 Å². The monoisotopic (exact) mass is 391 g/mol. The van der Waals surface area contributed by atoms with Gasteiger partial charge in [0.2, 0.25) is 5.91 Å². The predicted octanol–water partition coefficient (Wildman–Crippen LogP) is 0.702. The summed E-state index contributed by atoms with van der Waals surface area (Å²) in [5.74, 6) is 2.07. The minimum Gasteiger partial charge on any atom is -0.469 e. The van der Waals surface area contributed by atoms with Gasteiger partial charge in [-0.25, -0.2) is 0 Å². The first-order valence-electron chi connectivity index (χ1n) is 10.4. The molecule has 0 radical (unpaired) electrons. The lowest BCUT2D eigenvalue weighted by Crippen LogP contribution is -2.45. The highest BCUT2D eigenvalue weighted by atomic mass is 16.5. The van der Waals surface area contributed by atoms with Gasteiger partial charge in [-0.05, 0) is 25.0 Å². The highest BCUT2D eigenvalue weighted by Crippen LogP contribution is 2.09. The van der Waals surface area contributed by atoms with Crippen LogP contribution in [0.4, 0.5) is 0 Å². The van der Waals surface area contributed by atoms with Crippen molar-refractivity contribution in [2.45, 2.75) is 25.7 Å². The molecule has 0 spiro atoms. The topological polar surface area (TPSA) is 82.3 Å². The van der Waals surface area contributed by atoms with Crippen molar-refractivity contribution in [1.82, 2.24) is 20.4 Å². The highest BCUT2D eigenvalue weighted by molar-refractivity contribution is 5.79. The number of aliphatic imine (C=N–C) groups is 1. The molecule has 1 aromatic heterocycles. The molecule has 1 aromatic rings. The molecule has 0 aliphatic carbocycles. The molecule has 3 rings (SSSR count). The van der Waals surface area contributed by atoms with Gasteiger partial charge in [0.1, 0.15) is 5.76 Å². The molecule has 1 amide bonds. The fourth-order valence-electron chi connectivity index (χ4n) is 3.48. The molecule has 0 unspecified atom stereocenters. The number of carbonyl (C=O) groups is 1. The number of rotatable bonds is 10. The van der Waals surface area contributed by atoms with Crippen molar-refractivity contribution in [3.8, 4) is 0 Å². The first-order valence-corrected chi connectivity index (χ1v) is 10.4. The summed E-state index contributed by atoms with van der Waals surface area (Å²) in [5, 5.41) is 6.82. The van der Waals surface area contributed by atoms with Crippen molar-refractivity contribution < 1.29 is 13.9 Å². The third-order valence-corrected chi connectivity index (χ3v) is 5.10. The largest absolute Gasteiger partial charge is 0.469 e. The number of nitrogens with zero attached hydrogens (tertiary/aromatic N) is 3. The fraction of sp³-hybridized carbons (Fsp3) is 0.700. The maximum Gasteiger partial charge on any atom is 0.222 e. The van der Waals surface area contributed by atoms with Crippen LogP contribution in [0.1, 0.15) is 25.0 Å². The number of hydrogen-bond donors (Lipinski definition) is 2. The molecule has 2 fully saturated rings. The summed E-state index contributed by atoms with van der Waals surface area (Å²) in [6, 6.07) is 3.89. The summed E-state index contributed by atoms with van der Waals surface area (Å²) >= 11 is 0. The Bertz CT molecular complexity index is 599. The molecule has 0 bridgehead atoms. The molecule has 0 saturated carbocycles. The van der Waals surface area contributed by atoms with E-state index in [4.69, 9.17) is 14.1 Å². The van der Waals surface area contributed by atoms with Crippen LogP contribution in [-0.2, 0) is 16.0 Å². The number of hydrogen-bond acceptors (Lipinski definition) is 5. The number of amides is 1. The standard InChI is InChI=1S/C20H33N5O3/c26-19-5-1-10-25(19)11-3-7-21-20(22-8-6-18-4-2-15-28-18)23-9-12-24-13-16-27-17-14-24/h2,4,15H,1,3,5-14,16-17H2,(H2,21,22,23). The quantitative estimate of drug-likeness (QED) is 0.347. The van der Waals surface area contributed by atoms with E-state index in [1.807, 2.05) is 17.0 Å². The van der Waals surface area contributed by atoms with Crippen LogP contribution in [0, 0.1) is 0 Å². The average Bonchev–Trinajstić information content (AvgIpc) is 3.37. The molecular formula is C20H33N5O3. The Balaban J connectivity index is 1.39. The van der Waals surface area contributed by atoms with Crippen LogP contribution in [-0.4, -0.2) is 87.2 Å². The summed E-state index contributed by atoms with van der Waals surface area (Å²) in [4.78, 5) is 20.7. The molecule has 28 heavy (non-hydrogen) atoms. The van der Waals surface area contributed by atoms with E-state index in [-0.39, 0.29) is 5.91 Å². The Kier molecular flexibility index (Phi) is 8.64. The number of likely N-dealkylation sites (tertiary alicyclic amines) is 1. The molecular weight excluding hydrogens is 358 g/mol. The van der Waals surface area contributed by atoms with Crippen molar-refractivity contribution in [2.75, 3.05) is 65.6 Å². The molecule has 0 atom stereocenters. The fourth-order valence-corrected chi connectivity index (χ4v) is 3.48. The van der Waals surface area contributed by atoms with Crippen molar-refractivity contribution >= 4 is 11.9 Å². The number of nitrogens with one attached hydrogen (secondary N) is 2. The Labute approximate surface area is 167 Å². The predicted molar refractivity (Wildman–Crippen MR) is 108 cm³/mol. The van der Waals surface area contributed by atoms with E-state index in [1.165, 1.54) is 0 Å². The molecule has 2 aliphatic rings. The zero-order chi connectivity index (χ0) is 19.4. The molecule has 8 nitrogen and oxygen atoms in total. The second-order valence-electron chi connectivity index (χ2n) is 7.21. The lowest BCUT2D eigenvalue weighted by Gasteiger charge is -2.26. The molecule has 2 aliphatic heterocycles. The van der Waals surface area contributed by atoms with E-state index in [1.54, 1.807) is 6.26 Å². The van der Waals surface area contributed by atoms with E-state index in [2.05, 4.69) is 15.5 Å². The van der Waals surface area contributed by atoms with Crippen molar-refractivity contribution in [3.63, 3.8) is 0 Å². The summed E-state index contributed by atoms with van der Waals surface area (Å²) < 4.78 is 10.8. The Morgan fingerprint density at radius 1 is 1.14 bits per heavy atom. The van der Waals surface area contributed by atoms with Gasteiger partial charge >= 0.3 is 0 Å². The smallest absolute Gasteiger partial charge is 0.222 e. The van der Waals surface area contributed by atoms with Gasteiger partial charge in [0.25, 0.3) is 0 Å². The van der Waals surface area contributed by atoms with Gasteiger partial charge in [0.05, 0.1) is 19.5 Å². The Morgan fingerprint density at radius 2 is 2.00 bits per heavy atom. The molecule has 3 heterocycles. The van der Waals surface area contributed by atoms with Crippen LogP contribution in [0.3, 0.4) is 0 Å². The number of ether oxygens (including phenoxy) is 1. The second-order valence-corrected chi connectivity index (χ2v) is 7.21. The Hall–Kier alpha value is -2.06. The molecule has 156 valence electrons. The third-order valence-electron chi connectivity index (χ3n) is 5.10. The van der Waals surface area contributed by atoms with Gasteiger partial charge in [-0.2, -0.15) is 0 Å². The highest BCUT2D eigenvalue weighted by Gasteiger charge is 2.18. The van der Waals surface area contributed by atoms with Gasteiger partial charge in [-0.3, -0.25) is 14.7 Å². The minimum absolute atomic E-state index is 0.282. The summed E-state index contributed by atoms with van der Waals surface area (Å²) in [5.41, 5.74) is 0. The zero-order valence-corrected chi connectivity index (χ0v) is 16.7. The number of furan rings is 1. The second kappa shape index (κ2) is 11.7. The van der Waals surface area contributed by atoms with Crippen LogP contribution in [0.2, 0.25) is 0 Å². The molecule has 2 saturated heterocycles.